The van der Waals surface area contributed by atoms with Crippen LogP contribution >= 0.6 is 0 Å². The third kappa shape index (κ3) is 8.59. The molecule has 0 heterocycles. The highest BCUT2D eigenvalue weighted by atomic mass is 14.2. The molecule has 0 aromatic carbocycles. The number of hydrogen-bond donors (Lipinski definition) is 0. The SMILES string of the molecule is C(CCCCC1CCCCCC1)CCCC1CCCCCC1. The van der Waals surface area contributed by atoms with Gasteiger partial charge < -0.3 is 0 Å². The molecule has 0 aromatic heterocycles. The van der Waals surface area contributed by atoms with Gasteiger partial charge in [-0.1, -0.05) is 128 Å². The van der Waals surface area contributed by atoms with E-state index in [-0.39, 0.29) is 0 Å². The quantitative estimate of drug-likeness (QED) is 0.298. The van der Waals surface area contributed by atoms with Gasteiger partial charge in [-0.3, -0.25) is 0 Å². The van der Waals surface area contributed by atoms with E-state index < -0.39 is 0 Å². The fourth-order valence-corrected chi connectivity index (χ4v) is 4.88. The van der Waals surface area contributed by atoms with Crippen LogP contribution < -0.4 is 0 Å². The van der Waals surface area contributed by atoms with E-state index in [9.17, 15) is 0 Å². The molecule has 2 rings (SSSR count). The van der Waals surface area contributed by atoms with Crippen molar-refractivity contribution in [2.75, 3.05) is 0 Å². The zero-order chi connectivity index (χ0) is 15.3. The Labute approximate surface area is 140 Å². The van der Waals surface area contributed by atoms with Gasteiger partial charge in [0.05, 0.1) is 0 Å². The summed E-state index contributed by atoms with van der Waals surface area (Å²) in [6.07, 6.45) is 30.5. The average Bonchev–Trinajstić information content (AvgIpc) is 2.94. The number of hydrogen-bond acceptors (Lipinski definition) is 0. The lowest BCUT2D eigenvalue weighted by atomic mass is 9.92. The van der Waals surface area contributed by atoms with Crippen LogP contribution in [-0.2, 0) is 0 Å². The first-order chi connectivity index (χ1) is 10.9. The molecule has 0 spiro atoms. The molecule has 0 radical (unpaired) electrons. The van der Waals surface area contributed by atoms with Crippen molar-refractivity contribution in [3.8, 4) is 0 Å². The Balaban J connectivity index is 1.36. The Morgan fingerprint density at radius 1 is 0.364 bits per heavy atom. The summed E-state index contributed by atoms with van der Waals surface area (Å²) in [5.74, 6) is 2.19. The molecule has 0 aliphatic heterocycles. The summed E-state index contributed by atoms with van der Waals surface area (Å²) in [7, 11) is 0. The fourth-order valence-electron chi connectivity index (χ4n) is 4.88. The second-order valence-electron chi connectivity index (χ2n) is 8.41. The Morgan fingerprint density at radius 3 is 1.05 bits per heavy atom. The average molecular weight is 307 g/mol. The molecule has 0 heteroatoms. The zero-order valence-electron chi connectivity index (χ0n) is 15.3. The third-order valence-electron chi connectivity index (χ3n) is 6.42. The van der Waals surface area contributed by atoms with Crippen molar-refractivity contribution in [2.45, 2.75) is 128 Å². The first kappa shape index (κ1) is 18.3. The van der Waals surface area contributed by atoms with Crippen molar-refractivity contribution in [1.29, 1.82) is 0 Å². The van der Waals surface area contributed by atoms with Crippen molar-refractivity contribution in [3.05, 3.63) is 0 Å². The van der Waals surface area contributed by atoms with Gasteiger partial charge in [0.15, 0.2) is 0 Å². The predicted octanol–water partition coefficient (Wildman–Crippen LogP) is 8.05. The molecule has 0 nitrogen and oxygen atoms in total. The monoisotopic (exact) mass is 306 g/mol. The molecule has 0 atom stereocenters. The highest BCUT2D eigenvalue weighted by molar-refractivity contribution is 4.66. The van der Waals surface area contributed by atoms with Gasteiger partial charge in [0.1, 0.15) is 0 Å². The minimum Gasteiger partial charge on any atom is -0.0533 e. The Morgan fingerprint density at radius 2 is 0.682 bits per heavy atom. The topological polar surface area (TPSA) is 0 Å². The maximum atomic E-state index is 1.54. The molecule has 2 aliphatic carbocycles. The maximum Gasteiger partial charge on any atom is -0.0414 e. The van der Waals surface area contributed by atoms with Crippen molar-refractivity contribution in [3.63, 3.8) is 0 Å². The van der Waals surface area contributed by atoms with Crippen LogP contribution in [-0.4, -0.2) is 0 Å². The summed E-state index contributed by atoms with van der Waals surface area (Å²) >= 11 is 0. The van der Waals surface area contributed by atoms with Crippen molar-refractivity contribution in [2.24, 2.45) is 11.8 Å². The van der Waals surface area contributed by atoms with E-state index in [4.69, 9.17) is 0 Å². The summed E-state index contributed by atoms with van der Waals surface area (Å²) in [6.45, 7) is 0. The molecular weight excluding hydrogens is 264 g/mol. The van der Waals surface area contributed by atoms with Gasteiger partial charge >= 0.3 is 0 Å². The molecule has 0 aromatic rings. The molecule has 0 amide bonds. The van der Waals surface area contributed by atoms with E-state index in [1.165, 1.54) is 89.9 Å². The summed E-state index contributed by atoms with van der Waals surface area (Å²) in [4.78, 5) is 0. The predicted molar refractivity (Wildman–Crippen MR) is 99.3 cm³/mol. The molecule has 0 bridgehead atoms. The molecule has 0 N–H and O–H groups in total. The normalized spacial score (nSPS) is 22.4. The first-order valence-electron chi connectivity index (χ1n) is 10.9. The van der Waals surface area contributed by atoms with Gasteiger partial charge in [-0.25, -0.2) is 0 Å². The Bertz CT molecular complexity index is 202. The van der Waals surface area contributed by atoms with E-state index >= 15 is 0 Å². The highest BCUT2D eigenvalue weighted by Crippen LogP contribution is 2.28. The summed E-state index contributed by atoms with van der Waals surface area (Å²) in [5, 5.41) is 0. The van der Waals surface area contributed by atoms with Crippen LogP contribution in [0.25, 0.3) is 0 Å². The molecule has 0 unspecified atom stereocenters. The lowest BCUT2D eigenvalue weighted by molar-refractivity contribution is 0.394. The van der Waals surface area contributed by atoms with E-state index in [1.807, 2.05) is 0 Å². The third-order valence-corrected chi connectivity index (χ3v) is 6.42. The smallest absolute Gasteiger partial charge is 0.0414 e. The molecular formula is C22H42. The van der Waals surface area contributed by atoms with Crippen LogP contribution in [0.1, 0.15) is 128 Å². The maximum absolute atomic E-state index is 1.54. The van der Waals surface area contributed by atoms with Crippen LogP contribution in [0.2, 0.25) is 0 Å². The molecule has 2 fully saturated rings. The molecule has 2 saturated carbocycles. The van der Waals surface area contributed by atoms with Gasteiger partial charge in [0, 0.05) is 0 Å². The van der Waals surface area contributed by atoms with Crippen LogP contribution in [0.4, 0.5) is 0 Å². The second kappa shape index (κ2) is 12.4. The molecule has 22 heavy (non-hydrogen) atoms. The van der Waals surface area contributed by atoms with Crippen LogP contribution in [0.3, 0.4) is 0 Å². The minimum atomic E-state index is 1.10. The first-order valence-corrected chi connectivity index (χ1v) is 10.9. The Hall–Kier alpha value is 0. The highest BCUT2D eigenvalue weighted by Gasteiger charge is 2.12. The van der Waals surface area contributed by atoms with Crippen molar-refractivity contribution < 1.29 is 0 Å². The molecule has 130 valence electrons. The van der Waals surface area contributed by atoms with E-state index in [0.29, 0.717) is 0 Å². The molecule has 2 aliphatic rings. The van der Waals surface area contributed by atoms with E-state index in [0.717, 1.165) is 11.8 Å². The summed E-state index contributed by atoms with van der Waals surface area (Å²) < 4.78 is 0. The lowest BCUT2D eigenvalue weighted by Crippen LogP contribution is -1.99. The lowest BCUT2D eigenvalue weighted by Gasteiger charge is -2.14. The van der Waals surface area contributed by atoms with Crippen molar-refractivity contribution >= 4 is 0 Å². The van der Waals surface area contributed by atoms with Crippen LogP contribution in [0.15, 0.2) is 0 Å². The van der Waals surface area contributed by atoms with Gasteiger partial charge in [-0.15, -0.1) is 0 Å². The van der Waals surface area contributed by atoms with E-state index in [2.05, 4.69) is 0 Å². The second-order valence-corrected chi connectivity index (χ2v) is 8.41. The van der Waals surface area contributed by atoms with Gasteiger partial charge in [-0.05, 0) is 11.8 Å². The van der Waals surface area contributed by atoms with Gasteiger partial charge in [0.25, 0.3) is 0 Å². The van der Waals surface area contributed by atoms with Crippen molar-refractivity contribution in [1.82, 2.24) is 0 Å². The van der Waals surface area contributed by atoms with Crippen LogP contribution in [0, 0.1) is 11.8 Å². The summed E-state index contributed by atoms with van der Waals surface area (Å²) in [6, 6.07) is 0. The minimum absolute atomic E-state index is 1.10. The number of unbranched alkanes of at least 4 members (excludes halogenated alkanes) is 5. The Kier molecular flexibility index (Phi) is 10.4. The summed E-state index contributed by atoms with van der Waals surface area (Å²) in [5.41, 5.74) is 0. The number of rotatable bonds is 9. The van der Waals surface area contributed by atoms with E-state index in [1.54, 1.807) is 38.5 Å². The standard InChI is InChI=1S/C22H42/c1(3-9-15-21-17-11-5-6-12-18-21)2-4-10-16-22-19-13-7-8-14-20-22/h21-22H,1-20H2. The van der Waals surface area contributed by atoms with Gasteiger partial charge in [-0.2, -0.15) is 0 Å². The fraction of sp³-hybridized carbons (Fsp3) is 1.00. The zero-order valence-corrected chi connectivity index (χ0v) is 15.3. The largest absolute Gasteiger partial charge is 0.0533 e. The molecule has 0 saturated heterocycles. The van der Waals surface area contributed by atoms with Crippen LogP contribution in [0.5, 0.6) is 0 Å². The van der Waals surface area contributed by atoms with Gasteiger partial charge in [0.2, 0.25) is 0 Å².